The molecule has 3 nitrogen and oxygen atoms in total. The largest absolute Gasteiger partial charge is 0.377 e. The van der Waals surface area contributed by atoms with Crippen LogP contribution in [0.4, 0.5) is 0 Å². The number of ether oxygens (including phenoxy) is 1. The van der Waals surface area contributed by atoms with Crippen LogP contribution in [0.15, 0.2) is 5.38 Å². The zero-order valence-corrected chi connectivity index (χ0v) is 11.8. The quantitative estimate of drug-likeness (QED) is 0.772. The van der Waals surface area contributed by atoms with Crippen LogP contribution in [0.5, 0.6) is 0 Å². The van der Waals surface area contributed by atoms with Crippen LogP contribution >= 0.6 is 22.9 Å². The molecule has 17 heavy (non-hydrogen) atoms. The lowest BCUT2D eigenvalue weighted by molar-refractivity contribution is -0.00259. The van der Waals surface area contributed by atoms with Gasteiger partial charge in [-0.15, -0.1) is 22.9 Å². The van der Waals surface area contributed by atoms with Crippen molar-refractivity contribution in [3.63, 3.8) is 0 Å². The van der Waals surface area contributed by atoms with Crippen molar-refractivity contribution in [2.75, 3.05) is 20.2 Å². The molecule has 5 heteroatoms. The molecule has 2 rings (SSSR count). The van der Waals surface area contributed by atoms with Crippen molar-refractivity contribution in [3.05, 3.63) is 16.1 Å². The van der Waals surface area contributed by atoms with E-state index < -0.39 is 0 Å². The predicted molar refractivity (Wildman–Crippen MR) is 71.6 cm³/mol. The second kappa shape index (κ2) is 6.69. The van der Waals surface area contributed by atoms with Gasteiger partial charge in [0.1, 0.15) is 5.01 Å². The lowest BCUT2D eigenvalue weighted by Crippen LogP contribution is -2.33. The Morgan fingerprint density at radius 1 is 1.59 bits per heavy atom. The lowest BCUT2D eigenvalue weighted by Gasteiger charge is -2.26. The van der Waals surface area contributed by atoms with E-state index in [1.54, 1.807) is 11.3 Å². The van der Waals surface area contributed by atoms with E-state index in [1.807, 2.05) is 5.38 Å². The van der Waals surface area contributed by atoms with E-state index >= 15 is 0 Å². The van der Waals surface area contributed by atoms with Gasteiger partial charge in [0.05, 0.1) is 24.2 Å². The molecule has 0 spiro atoms. The maximum absolute atomic E-state index is 5.74. The zero-order valence-electron chi connectivity index (χ0n) is 10.2. The number of hydrogen-bond donors (Lipinski definition) is 0. The highest BCUT2D eigenvalue weighted by molar-refractivity contribution is 7.09. The number of nitrogens with zero attached hydrogens (tertiary/aromatic N) is 2. The van der Waals surface area contributed by atoms with Crippen LogP contribution < -0.4 is 0 Å². The Kier molecular flexibility index (Phi) is 5.22. The highest BCUT2D eigenvalue weighted by Gasteiger charge is 2.16. The van der Waals surface area contributed by atoms with E-state index in [4.69, 9.17) is 16.3 Å². The molecular weight excluding hydrogens is 256 g/mol. The monoisotopic (exact) mass is 274 g/mol. The van der Waals surface area contributed by atoms with E-state index in [2.05, 4.69) is 16.9 Å². The Bertz CT molecular complexity index is 339. The van der Waals surface area contributed by atoms with Gasteiger partial charge in [0, 0.05) is 18.5 Å². The number of halogens is 1. The smallest absolute Gasteiger partial charge is 0.107 e. The summed E-state index contributed by atoms with van der Waals surface area (Å²) in [4.78, 5) is 6.75. The summed E-state index contributed by atoms with van der Waals surface area (Å²) >= 11 is 7.43. The predicted octanol–water partition coefficient (Wildman–Crippen LogP) is 2.88. The average Bonchev–Trinajstić information content (AvgIpc) is 2.78. The molecule has 1 fully saturated rings. The molecule has 1 aliphatic heterocycles. The summed E-state index contributed by atoms with van der Waals surface area (Å²) in [6, 6.07) is 0. The summed E-state index contributed by atoms with van der Waals surface area (Å²) in [6.07, 6.45) is 4.11. The van der Waals surface area contributed by atoms with E-state index in [0.29, 0.717) is 12.0 Å². The molecule has 0 amide bonds. The first-order valence-corrected chi connectivity index (χ1v) is 7.48. The van der Waals surface area contributed by atoms with Gasteiger partial charge < -0.3 is 4.74 Å². The number of aromatic nitrogens is 1. The molecule has 96 valence electrons. The zero-order chi connectivity index (χ0) is 12.1. The van der Waals surface area contributed by atoms with E-state index in [9.17, 15) is 0 Å². The van der Waals surface area contributed by atoms with Crippen molar-refractivity contribution in [1.29, 1.82) is 0 Å². The van der Waals surface area contributed by atoms with Crippen LogP contribution in [0.2, 0.25) is 0 Å². The molecule has 0 N–H and O–H groups in total. The van der Waals surface area contributed by atoms with Crippen molar-refractivity contribution in [1.82, 2.24) is 9.88 Å². The van der Waals surface area contributed by atoms with Gasteiger partial charge >= 0.3 is 0 Å². The molecule has 1 aromatic rings. The van der Waals surface area contributed by atoms with E-state index in [-0.39, 0.29) is 0 Å². The van der Waals surface area contributed by atoms with Crippen LogP contribution in [0.1, 0.15) is 30.0 Å². The van der Waals surface area contributed by atoms with Gasteiger partial charge in [-0.2, -0.15) is 0 Å². The van der Waals surface area contributed by atoms with Gasteiger partial charge in [0.15, 0.2) is 0 Å². The molecule has 2 heterocycles. The second-order valence-electron chi connectivity index (χ2n) is 4.55. The molecule has 1 atom stereocenters. The third-order valence-electron chi connectivity index (χ3n) is 2.93. The number of rotatable bonds is 5. The first kappa shape index (κ1) is 13.3. The molecule has 0 aromatic carbocycles. The number of likely N-dealkylation sites (N-methyl/N-ethyl adjacent to an activating group) is 1. The molecule has 0 radical (unpaired) electrons. The average molecular weight is 275 g/mol. The van der Waals surface area contributed by atoms with Crippen molar-refractivity contribution in [2.45, 2.75) is 37.8 Å². The van der Waals surface area contributed by atoms with Gasteiger partial charge in [-0.1, -0.05) is 0 Å². The Morgan fingerprint density at radius 2 is 2.47 bits per heavy atom. The molecule has 0 bridgehead atoms. The van der Waals surface area contributed by atoms with Crippen molar-refractivity contribution in [3.8, 4) is 0 Å². The van der Waals surface area contributed by atoms with Crippen LogP contribution in [0.25, 0.3) is 0 Å². The molecule has 0 aliphatic carbocycles. The normalized spacial score (nSPS) is 21.0. The van der Waals surface area contributed by atoms with Crippen LogP contribution in [0.3, 0.4) is 0 Å². The molecule has 1 aliphatic rings. The van der Waals surface area contributed by atoms with Gasteiger partial charge in [-0.25, -0.2) is 4.98 Å². The standard InChI is InChI=1S/C12H19ClN2OS/c1-15(7-11-4-2-3-5-16-11)8-12-14-10(6-13)9-17-12/h9,11H,2-8H2,1H3. The topological polar surface area (TPSA) is 25.4 Å². The summed E-state index contributed by atoms with van der Waals surface area (Å²) in [7, 11) is 2.12. The van der Waals surface area contributed by atoms with Gasteiger partial charge in [0.25, 0.3) is 0 Å². The first-order chi connectivity index (χ1) is 8.28. The molecule has 1 aromatic heterocycles. The molecule has 1 saturated heterocycles. The minimum Gasteiger partial charge on any atom is -0.377 e. The van der Waals surface area contributed by atoms with Crippen molar-refractivity contribution >= 4 is 22.9 Å². The summed E-state index contributed by atoms with van der Waals surface area (Å²) < 4.78 is 5.73. The Morgan fingerprint density at radius 3 is 3.12 bits per heavy atom. The second-order valence-corrected chi connectivity index (χ2v) is 5.76. The summed E-state index contributed by atoms with van der Waals surface area (Å²) in [5, 5.41) is 3.17. The van der Waals surface area contributed by atoms with Crippen LogP contribution in [0, 0.1) is 0 Å². The van der Waals surface area contributed by atoms with Crippen LogP contribution in [-0.2, 0) is 17.2 Å². The van der Waals surface area contributed by atoms with Gasteiger partial charge in [-0.05, 0) is 26.3 Å². The van der Waals surface area contributed by atoms with E-state index in [0.717, 1.165) is 30.4 Å². The minimum absolute atomic E-state index is 0.404. The fourth-order valence-corrected chi connectivity index (χ4v) is 3.18. The highest BCUT2D eigenvalue weighted by Crippen LogP contribution is 2.16. The fraction of sp³-hybridized carbons (Fsp3) is 0.750. The van der Waals surface area contributed by atoms with Crippen molar-refractivity contribution < 1.29 is 4.74 Å². The van der Waals surface area contributed by atoms with Crippen molar-refractivity contribution in [2.24, 2.45) is 0 Å². The van der Waals surface area contributed by atoms with E-state index in [1.165, 1.54) is 19.3 Å². The molecular formula is C12H19ClN2OS. The number of alkyl halides is 1. The summed E-state index contributed by atoms with van der Waals surface area (Å²) in [6.45, 7) is 2.81. The summed E-state index contributed by atoms with van der Waals surface area (Å²) in [5.74, 6) is 0.506. The lowest BCUT2D eigenvalue weighted by atomic mass is 10.1. The highest BCUT2D eigenvalue weighted by atomic mass is 35.5. The minimum atomic E-state index is 0.404. The Hall–Kier alpha value is -0.160. The number of thiazole rings is 1. The van der Waals surface area contributed by atoms with Gasteiger partial charge in [-0.3, -0.25) is 4.90 Å². The Labute approximate surface area is 112 Å². The molecule has 0 saturated carbocycles. The Balaban J connectivity index is 1.77. The SMILES string of the molecule is CN(Cc1nc(CCl)cs1)CC1CCCCO1. The molecule has 1 unspecified atom stereocenters. The van der Waals surface area contributed by atoms with Gasteiger partial charge in [0.2, 0.25) is 0 Å². The van der Waals surface area contributed by atoms with Crippen LogP contribution in [-0.4, -0.2) is 36.2 Å². The number of hydrogen-bond acceptors (Lipinski definition) is 4. The third-order valence-corrected chi connectivity index (χ3v) is 4.09. The first-order valence-electron chi connectivity index (χ1n) is 6.07. The third kappa shape index (κ3) is 4.21. The fourth-order valence-electron chi connectivity index (χ4n) is 2.08. The maximum Gasteiger partial charge on any atom is 0.107 e. The summed E-state index contributed by atoms with van der Waals surface area (Å²) in [5.41, 5.74) is 0.981. The maximum atomic E-state index is 5.74.